The number of amides is 1. The highest BCUT2D eigenvalue weighted by atomic mass is 32.1. The number of thiocarbonyl (C=S) groups is 1. The van der Waals surface area contributed by atoms with Gasteiger partial charge in [-0.2, -0.15) is 0 Å². The normalized spacial score (nSPS) is 19.1. The van der Waals surface area contributed by atoms with Crippen LogP contribution < -0.4 is 11.1 Å². The summed E-state index contributed by atoms with van der Waals surface area (Å²) in [5.74, 6) is 0.0671. The molecule has 1 aliphatic rings. The minimum absolute atomic E-state index is 0.0671. The van der Waals surface area contributed by atoms with Gasteiger partial charge in [-0.1, -0.05) is 58.7 Å². The molecule has 0 aromatic rings. The largest absolute Gasteiger partial charge is 0.392 e. The molecule has 1 fully saturated rings. The highest BCUT2D eigenvalue weighted by Gasteiger charge is 2.43. The fraction of sp³-hybridized carbons (Fsp3) is 0.875. The second kappa shape index (κ2) is 7.39. The highest BCUT2D eigenvalue weighted by Crippen LogP contribution is 2.37. The van der Waals surface area contributed by atoms with E-state index >= 15 is 0 Å². The quantitative estimate of drug-likeness (QED) is 0.581. The van der Waals surface area contributed by atoms with Crippen LogP contribution in [0.25, 0.3) is 0 Å². The lowest BCUT2D eigenvalue weighted by Gasteiger charge is -2.38. The molecule has 0 aromatic heterocycles. The summed E-state index contributed by atoms with van der Waals surface area (Å²) in [5, 5.41) is 3.29. The predicted octanol–water partition coefficient (Wildman–Crippen LogP) is 3.70. The lowest BCUT2D eigenvalue weighted by molar-refractivity contribution is -0.130. The zero-order valence-electron chi connectivity index (χ0n) is 13.3. The molecule has 4 heteroatoms. The van der Waals surface area contributed by atoms with Crippen molar-refractivity contribution >= 4 is 23.1 Å². The maximum absolute atomic E-state index is 12.9. The van der Waals surface area contributed by atoms with Crippen LogP contribution in [0.3, 0.4) is 0 Å². The van der Waals surface area contributed by atoms with E-state index in [1.54, 1.807) is 0 Å². The molecule has 1 saturated carbocycles. The monoisotopic (exact) mass is 298 g/mol. The van der Waals surface area contributed by atoms with Gasteiger partial charge in [0.05, 0.1) is 10.4 Å². The number of carbonyl (C=O) groups is 1. The van der Waals surface area contributed by atoms with Crippen LogP contribution in [0.4, 0.5) is 0 Å². The first kappa shape index (κ1) is 17.4. The fourth-order valence-corrected chi connectivity index (χ4v) is 3.59. The molecule has 20 heavy (non-hydrogen) atoms. The first-order chi connectivity index (χ1) is 9.46. The zero-order valence-corrected chi connectivity index (χ0v) is 14.1. The molecule has 0 bridgehead atoms. The van der Waals surface area contributed by atoms with E-state index in [1.165, 1.54) is 12.8 Å². The molecule has 1 aliphatic carbocycles. The van der Waals surface area contributed by atoms with Crippen molar-refractivity contribution in [3.63, 3.8) is 0 Å². The molecule has 116 valence electrons. The van der Waals surface area contributed by atoms with Crippen molar-refractivity contribution in [1.82, 2.24) is 5.32 Å². The summed E-state index contributed by atoms with van der Waals surface area (Å²) < 4.78 is 0. The third kappa shape index (κ3) is 3.51. The fourth-order valence-electron chi connectivity index (χ4n) is 3.29. The summed E-state index contributed by atoms with van der Waals surface area (Å²) in [6.07, 6.45) is 8.89. The van der Waals surface area contributed by atoms with Crippen LogP contribution in [0.1, 0.15) is 78.6 Å². The van der Waals surface area contributed by atoms with Crippen molar-refractivity contribution in [2.24, 2.45) is 11.1 Å². The van der Waals surface area contributed by atoms with Gasteiger partial charge in [0.15, 0.2) is 0 Å². The molecular formula is C16H30N2OS. The molecule has 0 saturated heterocycles. The number of nitrogens with one attached hydrogen (secondary N) is 1. The van der Waals surface area contributed by atoms with Gasteiger partial charge in [-0.25, -0.2) is 0 Å². The maximum atomic E-state index is 12.9. The Morgan fingerprint density at radius 1 is 1.10 bits per heavy atom. The molecule has 0 unspecified atom stereocenters. The second-order valence-corrected chi connectivity index (χ2v) is 6.60. The van der Waals surface area contributed by atoms with E-state index in [-0.39, 0.29) is 11.4 Å². The molecule has 3 nitrogen and oxygen atoms in total. The molecule has 1 amide bonds. The van der Waals surface area contributed by atoms with Crippen LogP contribution in [0.5, 0.6) is 0 Å². The van der Waals surface area contributed by atoms with Gasteiger partial charge in [0.2, 0.25) is 5.91 Å². The minimum atomic E-state index is -0.614. The summed E-state index contributed by atoms with van der Waals surface area (Å²) in [6, 6.07) is 0. The Kier molecular flexibility index (Phi) is 6.44. The Morgan fingerprint density at radius 2 is 1.55 bits per heavy atom. The van der Waals surface area contributed by atoms with Crippen molar-refractivity contribution in [1.29, 1.82) is 0 Å². The summed E-state index contributed by atoms with van der Waals surface area (Å²) in [7, 11) is 0. The molecule has 3 N–H and O–H groups in total. The zero-order chi connectivity index (χ0) is 15.2. The van der Waals surface area contributed by atoms with E-state index in [0.29, 0.717) is 4.99 Å². The van der Waals surface area contributed by atoms with Gasteiger partial charge in [0.1, 0.15) is 0 Å². The van der Waals surface area contributed by atoms with E-state index in [9.17, 15) is 4.79 Å². The molecular weight excluding hydrogens is 268 g/mol. The molecule has 0 aromatic carbocycles. The summed E-state index contributed by atoms with van der Waals surface area (Å²) in [4.78, 5) is 13.3. The Bertz CT molecular complexity index is 334. The van der Waals surface area contributed by atoms with Crippen LogP contribution in [-0.4, -0.2) is 16.4 Å². The van der Waals surface area contributed by atoms with Crippen molar-refractivity contribution in [3.05, 3.63) is 0 Å². The Balaban J connectivity index is 2.97. The molecule has 0 atom stereocenters. The van der Waals surface area contributed by atoms with E-state index in [2.05, 4.69) is 26.1 Å². The van der Waals surface area contributed by atoms with Crippen molar-refractivity contribution < 1.29 is 4.79 Å². The third-order valence-corrected chi connectivity index (χ3v) is 5.66. The van der Waals surface area contributed by atoms with Gasteiger partial charge in [0, 0.05) is 5.54 Å². The molecule has 0 aliphatic heterocycles. The van der Waals surface area contributed by atoms with Gasteiger partial charge in [-0.3, -0.25) is 4.79 Å². The second-order valence-electron chi connectivity index (χ2n) is 6.16. The standard InChI is InChI=1S/C16H30N2OS/c1-4-15(5-2,6-3)18-14(19)16(13(17)20)11-9-7-8-10-12-16/h4-12H2,1-3H3,(H2,17,20)(H,18,19). The SMILES string of the molecule is CCC(CC)(CC)NC(=O)C1(C(N)=S)CCCCCC1. The average Bonchev–Trinajstić information content (AvgIpc) is 2.71. The molecule has 0 heterocycles. The van der Waals surface area contributed by atoms with Gasteiger partial charge in [-0.15, -0.1) is 0 Å². The smallest absolute Gasteiger partial charge is 0.233 e. The summed E-state index contributed by atoms with van der Waals surface area (Å²) in [5.41, 5.74) is 5.26. The lowest BCUT2D eigenvalue weighted by atomic mass is 9.77. The van der Waals surface area contributed by atoms with Crippen LogP contribution >= 0.6 is 12.2 Å². The summed E-state index contributed by atoms with van der Waals surface area (Å²) in [6.45, 7) is 6.40. The van der Waals surface area contributed by atoms with Gasteiger partial charge in [0.25, 0.3) is 0 Å². The lowest BCUT2D eigenvalue weighted by Crippen LogP contribution is -2.56. The third-order valence-electron chi connectivity index (χ3n) is 5.27. The van der Waals surface area contributed by atoms with Crippen molar-refractivity contribution in [3.8, 4) is 0 Å². The Hall–Kier alpha value is -0.640. The average molecular weight is 298 g/mol. The topological polar surface area (TPSA) is 55.1 Å². The number of rotatable bonds is 6. The van der Waals surface area contributed by atoms with E-state index in [4.69, 9.17) is 18.0 Å². The van der Waals surface area contributed by atoms with E-state index in [1.807, 2.05) is 0 Å². The Morgan fingerprint density at radius 3 is 1.90 bits per heavy atom. The summed E-state index contributed by atoms with van der Waals surface area (Å²) >= 11 is 5.28. The van der Waals surface area contributed by atoms with E-state index in [0.717, 1.165) is 44.9 Å². The Labute approximate surface area is 129 Å². The molecule has 1 rings (SSSR count). The number of hydrogen-bond acceptors (Lipinski definition) is 2. The molecule has 0 radical (unpaired) electrons. The first-order valence-corrected chi connectivity index (χ1v) is 8.49. The first-order valence-electron chi connectivity index (χ1n) is 8.09. The van der Waals surface area contributed by atoms with Crippen molar-refractivity contribution in [2.45, 2.75) is 84.1 Å². The van der Waals surface area contributed by atoms with Crippen LogP contribution in [0.15, 0.2) is 0 Å². The number of hydrogen-bond donors (Lipinski definition) is 2. The van der Waals surface area contributed by atoms with Crippen LogP contribution in [0, 0.1) is 5.41 Å². The minimum Gasteiger partial charge on any atom is -0.392 e. The predicted molar refractivity (Wildman–Crippen MR) is 88.7 cm³/mol. The van der Waals surface area contributed by atoms with Crippen molar-refractivity contribution in [2.75, 3.05) is 0 Å². The van der Waals surface area contributed by atoms with Crippen LogP contribution in [-0.2, 0) is 4.79 Å². The maximum Gasteiger partial charge on any atom is 0.233 e. The number of carbonyl (C=O) groups excluding carboxylic acids is 1. The van der Waals surface area contributed by atoms with Gasteiger partial charge >= 0.3 is 0 Å². The molecule has 0 spiro atoms. The van der Waals surface area contributed by atoms with Crippen LogP contribution in [0.2, 0.25) is 0 Å². The van der Waals surface area contributed by atoms with Gasteiger partial charge in [-0.05, 0) is 32.1 Å². The van der Waals surface area contributed by atoms with Gasteiger partial charge < -0.3 is 11.1 Å². The van der Waals surface area contributed by atoms with E-state index < -0.39 is 5.41 Å². The highest BCUT2D eigenvalue weighted by molar-refractivity contribution is 7.80. The number of nitrogens with two attached hydrogens (primary N) is 1.